The quantitative estimate of drug-likeness (QED) is 0.0172. The summed E-state index contributed by atoms with van der Waals surface area (Å²) in [5.74, 6) is -3.31. The fraction of sp³-hybridized carbons (Fsp3) is 0.381. The molecule has 5 aliphatic rings. The number of hydrogen-bond donors (Lipinski definition) is 5. The zero-order chi connectivity index (χ0) is 94.7. The van der Waals surface area contributed by atoms with E-state index in [0.717, 1.165) is 225 Å². The maximum atomic E-state index is 13.9. The fourth-order valence-corrected chi connectivity index (χ4v) is 14.9. The lowest BCUT2D eigenvalue weighted by molar-refractivity contribution is 0.0364. The highest BCUT2D eigenvalue weighted by atomic mass is 19.1. The van der Waals surface area contributed by atoms with Crippen molar-refractivity contribution < 1.29 is 89.7 Å². The monoisotopic (exact) mass is 1830 g/mol. The van der Waals surface area contributed by atoms with Gasteiger partial charge in [0.2, 0.25) is 0 Å². The second-order valence-corrected chi connectivity index (χ2v) is 33.9. The maximum Gasteiger partial charge on any atom is 0.412 e. The third kappa shape index (κ3) is 29.3. The van der Waals surface area contributed by atoms with Gasteiger partial charge in [-0.05, 0) is 155 Å². The molecule has 4 fully saturated rings. The lowest BCUT2D eigenvalue weighted by Crippen LogP contribution is -2.38. The zero-order valence-electron chi connectivity index (χ0n) is 76.0. The van der Waals surface area contributed by atoms with Gasteiger partial charge in [0.15, 0.2) is 11.6 Å². The Morgan fingerprint density at radius 2 is 0.744 bits per heavy atom. The zero-order valence-corrected chi connectivity index (χ0v) is 76.0. The number of carbonyl (C=O) groups is 7. The van der Waals surface area contributed by atoms with Crippen molar-refractivity contribution in [2.75, 3.05) is 168 Å². The molecule has 3 aromatic carbocycles. The first-order valence-corrected chi connectivity index (χ1v) is 43.9. The molecular weight excluding hydrogens is 1720 g/mol. The van der Waals surface area contributed by atoms with Crippen LogP contribution in [-0.2, 0) is 83.3 Å². The van der Waals surface area contributed by atoms with E-state index in [-0.39, 0.29) is 64.7 Å². The van der Waals surface area contributed by atoms with Crippen LogP contribution in [0, 0.1) is 17.5 Å². The molecule has 33 nitrogen and oxygen atoms in total. The van der Waals surface area contributed by atoms with E-state index < -0.39 is 46.8 Å². The number of morpholine rings is 4. The summed E-state index contributed by atoms with van der Waals surface area (Å²) < 4.78 is 89.3. The van der Waals surface area contributed by atoms with Crippen LogP contribution in [0.3, 0.4) is 0 Å². The Kier molecular flexibility index (Phi) is 35.0. The molecule has 2 amide bonds. The van der Waals surface area contributed by atoms with Crippen LogP contribution in [0.5, 0.6) is 0 Å². The lowest BCUT2D eigenvalue weighted by Gasteiger charge is -2.26. The number of ketones is 2. The van der Waals surface area contributed by atoms with Crippen molar-refractivity contribution in [1.29, 1.82) is 0 Å². The number of aromatic carboxylic acids is 1. The van der Waals surface area contributed by atoms with Gasteiger partial charge in [-0.2, -0.15) is 0 Å². The van der Waals surface area contributed by atoms with E-state index in [1.807, 2.05) is 79.4 Å². The number of nitrogens with one attached hydrogen (secondary N) is 2. The third-order valence-electron chi connectivity index (χ3n) is 22.0. The van der Waals surface area contributed by atoms with E-state index in [4.69, 9.17) is 49.7 Å². The SMILES string of the molecule is CC(C)(C)OC(=O)Nc1cc(F)ccc1CC(=O)c1cnc2c(ccn2CCN2CCOCC2)c1.CC(C)(C)OC(=O)Nc1cc(F)ccc1N.COC(=O)c1cnc2c(c1)C=CC2.COC(=O)c1cnc2c(ccn2CCN2CCOCC2)c1.Nc1cc(F)ccc1CC(=O)c1cnc2c(ccn2CCN2CCOCC2)c1.O=C(O)c1cnc2c(ccn2CCN2CCOCC2)c1. The van der Waals surface area contributed by atoms with Gasteiger partial charge in [0, 0.05) is 218 Å². The number of nitrogens with zero attached hydrogens (tertiary/aromatic N) is 13. The van der Waals surface area contributed by atoms with Gasteiger partial charge in [0.05, 0.1) is 107 Å². The number of amides is 2. The third-order valence-corrected chi connectivity index (χ3v) is 22.0. The van der Waals surface area contributed by atoms with Gasteiger partial charge in [-0.1, -0.05) is 24.3 Å². The number of allylic oxidation sites excluding steroid dienone is 1. The Morgan fingerprint density at radius 1 is 0.406 bits per heavy atom. The summed E-state index contributed by atoms with van der Waals surface area (Å²) in [6.07, 6.45) is 19.3. The number of benzene rings is 3. The topological polar surface area (TPSA) is 387 Å². The summed E-state index contributed by atoms with van der Waals surface area (Å²) in [6.45, 7) is 31.6. The Morgan fingerprint density at radius 3 is 1.14 bits per heavy atom. The lowest BCUT2D eigenvalue weighted by atomic mass is 10.0. The highest BCUT2D eigenvalue weighted by Gasteiger charge is 2.24. The van der Waals surface area contributed by atoms with E-state index in [2.05, 4.69) is 78.2 Å². The summed E-state index contributed by atoms with van der Waals surface area (Å²) in [4.78, 5) is 114. The van der Waals surface area contributed by atoms with Gasteiger partial charge in [0.1, 0.15) is 51.2 Å². The van der Waals surface area contributed by atoms with E-state index in [9.17, 15) is 46.7 Å². The number of anilines is 4. The van der Waals surface area contributed by atoms with Crippen molar-refractivity contribution >= 4 is 115 Å². The summed E-state index contributed by atoms with van der Waals surface area (Å²) in [6, 6.07) is 28.6. The number of esters is 2. The van der Waals surface area contributed by atoms with Crippen molar-refractivity contribution in [1.82, 2.24) is 62.8 Å². The molecular formula is C97H114F3N17O16. The first-order chi connectivity index (χ1) is 63.9. The number of Topliss-reactive ketones (excluding diaryl/α,β-unsaturated/α-hetero) is 2. The number of halogens is 3. The van der Waals surface area contributed by atoms with Crippen LogP contribution in [0.1, 0.15) is 116 Å². The summed E-state index contributed by atoms with van der Waals surface area (Å²) in [5, 5.41) is 17.5. The van der Waals surface area contributed by atoms with Crippen LogP contribution >= 0.6 is 0 Å². The molecule has 17 rings (SSSR count). The van der Waals surface area contributed by atoms with Gasteiger partial charge in [-0.3, -0.25) is 44.8 Å². The highest BCUT2D eigenvalue weighted by Crippen LogP contribution is 2.28. The molecule has 12 aromatic rings. The number of carboxylic acids is 1. The second kappa shape index (κ2) is 47.2. The summed E-state index contributed by atoms with van der Waals surface area (Å²) >= 11 is 0. The maximum absolute atomic E-state index is 13.9. The van der Waals surface area contributed by atoms with Crippen LogP contribution in [0.15, 0.2) is 171 Å². The number of ether oxygens (including phenoxy) is 8. The molecule has 0 spiro atoms. The van der Waals surface area contributed by atoms with Crippen molar-refractivity contribution in [2.24, 2.45) is 0 Å². The van der Waals surface area contributed by atoms with E-state index in [1.165, 1.54) is 62.9 Å². The molecule has 9 aromatic heterocycles. The van der Waals surface area contributed by atoms with Gasteiger partial charge >= 0.3 is 30.1 Å². The molecule has 704 valence electrons. The Labute approximate surface area is 768 Å². The van der Waals surface area contributed by atoms with Crippen molar-refractivity contribution in [2.45, 2.75) is 98.2 Å². The van der Waals surface area contributed by atoms with Crippen molar-refractivity contribution in [3.63, 3.8) is 0 Å². The second-order valence-electron chi connectivity index (χ2n) is 33.9. The molecule has 0 unspecified atom stereocenters. The largest absolute Gasteiger partial charge is 0.478 e. The highest BCUT2D eigenvalue weighted by molar-refractivity contribution is 6.02. The molecule has 4 saturated heterocycles. The number of fused-ring (bicyclic) bond motifs is 5. The number of nitrogens with two attached hydrogens (primary N) is 2. The first kappa shape index (κ1) is 98.7. The summed E-state index contributed by atoms with van der Waals surface area (Å²) in [7, 11) is 2.74. The molecule has 13 heterocycles. The Balaban J connectivity index is 0.000000148. The Bertz CT molecular complexity index is 6060. The van der Waals surface area contributed by atoms with E-state index in [0.29, 0.717) is 33.4 Å². The van der Waals surface area contributed by atoms with Crippen LogP contribution in [0.2, 0.25) is 0 Å². The predicted octanol–water partition coefficient (Wildman–Crippen LogP) is 13.2. The van der Waals surface area contributed by atoms with Gasteiger partial charge in [0.25, 0.3) is 0 Å². The first-order valence-electron chi connectivity index (χ1n) is 43.9. The number of aromatic nitrogens is 9. The van der Waals surface area contributed by atoms with Crippen LogP contribution in [0.4, 0.5) is 45.5 Å². The normalized spacial score (nSPS) is 14.7. The number of nitrogen functional groups attached to an aromatic ring is 2. The standard InChI is InChI=1S/C26H31FN4O4.C21H23FN4O2.C15H19N3O3.C14H17N3O3.C11H15FN2O2.C10H9NO2/c1-26(2,3)35-25(33)29-22-16-21(27)5-4-18(22)15-23(32)20-14-19-6-7-31(24(19)28-17-20)9-8-30-10-12-34-13-11-30;22-18-2-1-15(19(23)13-18)12-20(27)17-11-16-3-4-26(21(16)24-14-17)6-5-25-7-9-28-10-8-25;1-20-15(19)13-10-12-2-3-18(14(12)16-11-13)5-4-17-6-8-21-9-7-17;18-14(19)12-9-11-1-2-17(13(11)15-10-12)4-3-16-5-7-20-8-6-16;1-11(2,3)16-10(15)14-9-6-7(12)4-5-8(9)13;1-13-10(12)8-5-7-3-2-4-9(7)11-6-8/h4-7,14,16-17H,8-13,15H2,1-3H3,(H,29,33);1-4,11,13-14H,5-10,12,23H2;2-3,10-11H,4-9H2,1H3;1-2,9-10H,3-8H2,(H,18,19);4-6H,13H2,1-3H3,(H,14,15);2-3,5-6H,4H2,1H3. The number of pyridine rings is 5. The van der Waals surface area contributed by atoms with Gasteiger partial charge in [-0.15, -0.1) is 0 Å². The Hall–Kier alpha value is -13.3. The molecule has 4 aliphatic heterocycles. The molecule has 133 heavy (non-hydrogen) atoms. The molecule has 0 radical (unpaired) electrons. The average molecular weight is 1830 g/mol. The minimum absolute atomic E-state index is 0.0175. The smallest absolute Gasteiger partial charge is 0.412 e. The van der Waals surface area contributed by atoms with Crippen LogP contribution < -0.4 is 22.1 Å². The van der Waals surface area contributed by atoms with Gasteiger partial charge in [-0.25, -0.2) is 57.1 Å². The molecule has 0 saturated carbocycles. The predicted molar refractivity (Wildman–Crippen MR) is 498 cm³/mol. The number of rotatable bonds is 23. The average Bonchev–Trinajstić information content (AvgIpc) is 1.68. The van der Waals surface area contributed by atoms with Crippen molar-refractivity contribution in [3.05, 3.63) is 239 Å². The van der Waals surface area contributed by atoms with Gasteiger partial charge < -0.3 is 72.7 Å². The number of methoxy groups -OCH3 is 2. The van der Waals surface area contributed by atoms with E-state index in [1.54, 1.807) is 84.5 Å². The van der Waals surface area contributed by atoms with Crippen LogP contribution in [-0.4, -0.2) is 266 Å². The molecule has 7 N–H and O–H groups in total. The number of hydrogen-bond acceptors (Lipinski definition) is 26. The molecule has 1 aliphatic carbocycles. The number of carboxylic acid groups (broad SMARTS) is 1. The molecule has 36 heteroatoms. The number of carbonyl (C=O) groups excluding carboxylic acids is 6. The molecule has 0 bridgehead atoms. The minimum atomic E-state index is -0.944. The summed E-state index contributed by atoms with van der Waals surface area (Å²) in [5.41, 5.74) is 19.8. The molecule has 0 atom stereocenters. The fourth-order valence-electron chi connectivity index (χ4n) is 14.9. The van der Waals surface area contributed by atoms with Crippen LogP contribution in [0.25, 0.3) is 50.2 Å². The van der Waals surface area contributed by atoms with Crippen molar-refractivity contribution in [3.8, 4) is 0 Å². The van der Waals surface area contributed by atoms with E-state index >= 15 is 0 Å². The minimum Gasteiger partial charge on any atom is -0.478 e.